The van der Waals surface area contributed by atoms with E-state index in [0.29, 0.717) is 6.61 Å². The molecule has 0 aliphatic carbocycles. The number of hydrogen-bond acceptors (Lipinski definition) is 2. The summed E-state index contributed by atoms with van der Waals surface area (Å²) < 4.78 is 4.85. The van der Waals surface area contributed by atoms with Gasteiger partial charge < -0.3 is 10.1 Å². The van der Waals surface area contributed by atoms with Gasteiger partial charge in [-0.05, 0) is 38.8 Å². The van der Waals surface area contributed by atoms with E-state index < -0.39 is 0 Å². The minimum absolute atomic E-state index is 0.0281. The maximum atomic E-state index is 11.3. The molecule has 0 radical (unpaired) electrons. The molecule has 1 aromatic carbocycles. The number of ether oxygens (including phenoxy) is 1. The molecule has 0 aliphatic heterocycles. The Morgan fingerprint density at radius 3 is 2.69 bits per heavy atom. The van der Waals surface area contributed by atoms with Crippen molar-refractivity contribution >= 4 is 6.09 Å². The summed E-state index contributed by atoms with van der Waals surface area (Å²) >= 11 is 0. The normalized spacial score (nSPS) is 12.0. The SMILES string of the molecule is CCOC(=O)N[C@H](C)c1ccc(C)cc1C. The van der Waals surface area contributed by atoms with Crippen LogP contribution in [0.3, 0.4) is 0 Å². The highest BCUT2D eigenvalue weighted by molar-refractivity contribution is 5.67. The number of aryl methyl sites for hydroxylation is 2. The zero-order valence-electron chi connectivity index (χ0n) is 10.3. The van der Waals surface area contributed by atoms with Gasteiger partial charge in [0.1, 0.15) is 0 Å². The molecule has 16 heavy (non-hydrogen) atoms. The lowest BCUT2D eigenvalue weighted by Gasteiger charge is -2.16. The number of amides is 1. The average molecular weight is 221 g/mol. The second kappa shape index (κ2) is 5.54. The van der Waals surface area contributed by atoms with Gasteiger partial charge in [-0.15, -0.1) is 0 Å². The van der Waals surface area contributed by atoms with Gasteiger partial charge >= 0.3 is 6.09 Å². The van der Waals surface area contributed by atoms with Crippen LogP contribution in [0.5, 0.6) is 0 Å². The molecule has 1 aromatic rings. The fourth-order valence-electron chi connectivity index (χ4n) is 1.74. The van der Waals surface area contributed by atoms with Crippen molar-refractivity contribution in [2.24, 2.45) is 0 Å². The summed E-state index contributed by atoms with van der Waals surface area (Å²) in [6, 6.07) is 6.17. The maximum absolute atomic E-state index is 11.3. The van der Waals surface area contributed by atoms with Gasteiger partial charge in [-0.1, -0.05) is 23.8 Å². The van der Waals surface area contributed by atoms with E-state index in [1.165, 1.54) is 11.1 Å². The molecule has 0 aromatic heterocycles. The molecule has 3 nitrogen and oxygen atoms in total. The Bertz CT molecular complexity index is 374. The monoisotopic (exact) mass is 221 g/mol. The Morgan fingerprint density at radius 1 is 1.44 bits per heavy atom. The molecule has 0 saturated carbocycles. The Balaban J connectivity index is 2.72. The van der Waals surface area contributed by atoms with Gasteiger partial charge in [0, 0.05) is 0 Å². The van der Waals surface area contributed by atoms with E-state index >= 15 is 0 Å². The van der Waals surface area contributed by atoms with Crippen molar-refractivity contribution in [2.45, 2.75) is 33.7 Å². The lowest BCUT2D eigenvalue weighted by Crippen LogP contribution is -2.27. The van der Waals surface area contributed by atoms with Gasteiger partial charge in [-0.3, -0.25) is 0 Å². The molecule has 0 saturated heterocycles. The van der Waals surface area contributed by atoms with E-state index in [1.54, 1.807) is 6.92 Å². The third kappa shape index (κ3) is 3.26. The molecule has 0 heterocycles. The fraction of sp³-hybridized carbons (Fsp3) is 0.462. The minimum atomic E-state index is -0.366. The molecule has 1 N–H and O–H groups in total. The van der Waals surface area contributed by atoms with Crippen LogP contribution >= 0.6 is 0 Å². The van der Waals surface area contributed by atoms with Gasteiger partial charge in [-0.25, -0.2) is 4.79 Å². The molecule has 1 amide bonds. The number of benzene rings is 1. The zero-order chi connectivity index (χ0) is 12.1. The number of rotatable bonds is 3. The van der Waals surface area contributed by atoms with Crippen LogP contribution in [0.1, 0.15) is 36.6 Å². The first-order chi connectivity index (χ1) is 7.54. The van der Waals surface area contributed by atoms with Crippen molar-refractivity contribution in [1.82, 2.24) is 5.32 Å². The Morgan fingerprint density at radius 2 is 2.12 bits per heavy atom. The summed E-state index contributed by atoms with van der Waals surface area (Å²) in [4.78, 5) is 11.3. The summed E-state index contributed by atoms with van der Waals surface area (Å²) in [6.07, 6.45) is -0.366. The lowest BCUT2D eigenvalue weighted by atomic mass is 10.0. The summed E-state index contributed by atoms with van der Waals surface area (Å²) in [5.41, 5.74) is 3.53. The van der Waals surface area contributed by atoms with E-state index in [4.69, 9.17) is 4.74 Å². The highest BCUT2D eigenvalue weighted by atomic mass is 16.5. The van der Waals surface area contributed by atoms with Gasteiger partial charge in [0.25, 0.3) is 0 Å². The van der Waals surface area contributed by atoms with Gasteiger partial charge in [0.2, 0.25) is 0 Å². The number of carbonyl (C=O) groups is 1. The van der Waals surface area contributed by atoms with Crippen LogP contribution < -0.4 is 5.32 Å². The summed E-state index contributed by atoms with van der Waals surface area (Å²) in [7, 11) is 0. The largest absolute Gasteiger partial charge is 0.450 e. The van der Waals surface area contributed by atoms with E-state index in [1.807, 2.05) is 26.0 Å². The van der Waals surface area contributed by atoms with Gasteiger partial charge in [0.15, 0.2) is 0 Å². The first-order valence-electron chi connectivity index (χ1n) is 5.55. The predicted molar refractivity (Wildman–Crippen MR) is 64.5 cm³/mol. The Hall–Kier alpha value is -1.51. The average Bonchev–Trinajstić information content (AvgIpc) is 2.17. The summed E-state index contributed by atoms with van der Waals surface area (Å²) in [5, 5.41) is 2.80. The quantitative estimate of drug-likeness (QED) is 0.851. The third-order valence-electron chi connectivity index (χ3n) is 2.50. The molecule has 88 valence electrons. The molecule has 0 unspecified atom stereocenters. The molecule has 3 heteroatoms. The van der Waals surface area contributed by atoms with Crippen molar-refractivity contribution in [3.8, 4) is 0 Å². The predicted octanol–water partition coefficient (Wildman–Crippen LogP) is 3.11. The molecule has 1 atom stereocenters. The third-order valence-corrected chi connectivity index (χ3v) is 2.50. The van der Waals surface area contributed by atoms with Crippen LogP contribution in [0.4, 0.5) is 4.79 Å². The highest BCUT2D eigenvalue weighted by Crippen LogP contribution is 2.18. The standard InChI is InChI=1S/C13H19NO2/c1-5-16-13(15)14-11(4)12-7-6-9(2)8-10(12)3/h6-8,11H,5H2,1-4H3,(H,14,15)/t11-/m1/s1. The molecular weight excluding hydrogens is 202 g/mol. The number of alkyl carbamates (subject to hydrolysis) is 1. The Labute approximate surface area is 96.8 Å². The fourth-order valence-corrected chi connectivity index (χ4v) is 1.74. The van der Waals surface area contributed by atoms with Gasteiger partial charge in [-0.2, -0.15) is 0 Å². The Kier molecular flexibility index (Phi) is 4.35. The molecular formula is C13H19NO2. The minimum Gasteiger partial charge on any atom is -0.450 e. The van der Waals surface area contributed by atoms with Crippen LogP contribution in [0.15, 0.2) is 18.2 Å². The molecule has 0 fully saturated rings. The van der Waals surface area contributed by atoms with Crippen LogP contribution in [0, 0.1) is 13.8 Å². The first kappa shape index (κ1) is 12.6. The van der Waals surface area contributed by atoms with Crippen molar-refractivity contribution in [3.63, 3.8) is 0 Å². The smallest absolute Gasteiger partial charge is 0.407 e. The van der Waals surface area contributed by atoms with Crippen molar-refractivity contribution in [2.75, 3.05) is 6.61 Å². The molecule has 0 bridgehead atoms. The maximum Gasteiger partial charge on any atom is 0.407 e. The summed E-state index contributed by atoms with van der Waals surface area (Å²) in [6.45, 7) is 8.24. The molecule has 0 aliphatic rings. The number of carbonyl (C=O) groups excluding carboxylic acids is 1. The zero-order valence-corrected chi connectivity index (χ0v) is 10.3. The van der Waals surface area contributed by atoms with Crippen molar-refractivity contribution in [1.29, 1.82) is 0 Å². The number of hydrogen-bond donors (Lipinski definition) is 1. The van der Waals surface area contributed by atoms with E-state index in [2.05, 4.69) is 18.3 Å². The van der Waals surface area contributed by atoms with E-state index in [0.717, 1.165) is 5.56 Å². The van der Waals surface area contributed by atoms with E-state index in [9.17, 15) is 4.79 Å². The van der Waals surface area contributed by atoms with Crippen LogP contribution in [-0.2, 0) is 4.74 Å². The second-order valence-corrected chi connectivity index (χ2v) is 3.95. The molecule has 0 spiro atoms. The summed E-state index contributed by atoms with van der Waals surface area (Å²) in [5.74, 6) is 0. The van der Waals surface area contributed by atoms with Crippen LogP contribution in [0.25, 0.3) is 0 Å². The van der Waals surface area contributed by atoms with Crippen LogP contribution in [0.2, 0.25) is 0 Å². The van der Waals surface area contributed by atoms with Crippen molar-refractivity contribution in [3.05, 3.63) is 34.9 Å². The molecule has 1 rings (SSSR count). The topological polar surface area (TPSA) is 38.3 Å². The number of nitrogens with one attached hydrogen (secondary N) is 1. The lowest BCUT2D eigenvalue weighted by molar-refractivity contribution is 0.149. The first-order valence-corrected chi connectivity index (χ1v) is 5.55. The second-order valence-electron chi connectivity index (χ2n) is 3.95. The highest BCUT2D eigenvalue weighted by Gasteiger charge is 2.11. The van der Waals surface area contributed by atoms with Gasteiger partial charge in [0.05, 0.1) is 12.6 Å². The van der Waals surface area contributed by atoms with Crippen LogP contribution in [-0.4, -0.2) is 12.7 Å². The van der Waals surface area contributed by atoms with Crippen molar-refractivity contribution < 1.29 is 9.53 Å². The van der Waals surface area contributed by atoms with E-state index in [-0.39, 0.29) is 12.1 Å².